The molecule has 0 heterocycles. The van der Waals surface area contributed by atoms with Gasteiger partial charge in [-0.1, -0.05) is 6.58 Å². The van der Waals surface area contributed by atoms with E-state index in [1.54, 1.807) is 24.3 Å². The highest BCUT2D eigenvalue weighted by Gasteiger charge is 1.98. The summed E-state index contributed by atoms with van der Waals surface area (Å²) < 4.78 is 4.84. The van der Waals surface area contributed by atoms with Gasteiger partial charge >= 0.3 is 5.97 Å². The third-order valence-corrected chi connectivity index (χ3v) is 1.41. The minimum absolute atomic E-state index is 0.462. The molecule has 68 valence electrons. The fraction of sp³-hybridized carbons (Fsp3) is 0. The minimum atomic E-state index is -0.478. The van der Waals surface area contributed by atoms with E-state index < -0.39 is 5.97 Å². The molecule has 1 rings (SSSR count). The Morgan fingerprint density at radius 3 is 2.54 bits per heavy atom. The normalized spacial score (nSPS) is 9.00. The van der Waals surface area contributed by atoms with E-state index in [4.69, 9.17) is 10.6 Å². The van der Waals surface area contributed by atoms with Crippen molar-refractivity contribution in [3.05, 3.63) is 36.9 Å². The quantitative estimate of drug-likeness (QED) is 0.239. The topological polar surface area (TPSA) is 64.3 Å². The Balaban J connectivity index is 2.69. The van der Waals surface area contributed by atoms with Gasteiger partial charge in [-0.05, 0) is 24.3 Å². The molecule has 4 nitrogen and oxygen atoms in total. The Bertz CT molecular complexity index is 306. The van der Waals surface area contributed by atoms with Crippen LogP contribution >= 0.6 is 0 Å². The number of benzene rings is 1. The molecular weight excluding hydrogens is 168 g/mol. The highest BCUT2D eigenvalue weighted by Crippen LogP contribution is 2.14. The molecule has 3 N–H and O–H groups in total. The van der Waals surface area contributed by atoms with E-state index in [1.165, 1.54) is 0 Å². The summed E-state index contributed by atoms with van der Waals surface area (Å²) in [6.07, 6.45) is 1.11. The summed E-state index contributed by atoms with van der Waals surface area (Å²) in [5, 5.41) is 0. The maximum atomic E-state index is 10.8. The molecule has 0 spiro atoms. The van der Waals surface area contributed by atoms with E-state index in [9.17, 15) is 4.79 Å². The predicted octanol–water partition coefficient (Wildman–Crippen LogP) is 1.06. The van der Waals surface area contributed by atoms with Gasteiger partial charge in [-0.2, -0.15) is 0 Å². The van der Waals surface area contributed by atoms with Crippen molar-refractivity contribution in [1.82, 2.24) is 0 Å². The fourth-order valence-corrected chi connectivity index (χ4v) is 0.777. The van der Waals surface area contributed by atoms with Crippen LogP contribution in [-0.2, 0) is 4.79 Å². The lowest BCUT2D eigenvalue weighted by molar-refractivity contribution is -0.128. The van der Waals surface area contributed by atoms with Gasteiger partial charge in [0, 0.05) is 11.8 Å². The zero-order valence-electron chi connectivity index (χ0n) is 6.99. The summed E-state index contributed by atoms with van der Waals surface area (Å²) in [6, 6.07) is 6.67. The lowest BCUT2D eigenvalue weighted by Crippen LogP contribution is -2.07. The van der Waals surface area contributed by atoms with E-state index in [1.807, 2.05) is 0 Å². The highest BCUT2D eigenvalue weighted by molar-refractivity contribution is 5.83. The molecule has 0 aromatic heterocycles. The number of ether oxygens (including phenoxy) is 1. The van der Waals surface area contributed by atoms with Crippen LogP contribution in [0.15, 0.2) is 36.9 Å². The van der Waals surface area contributed by atoms with Gasteiger partial charge in [-0.15, -0.1) is 0 Å². The van der Waals surface area contributed by atoms with Gasteiger partial charge in [0.2, 0.25) is 0 Å². The predicted molar refractivity (Wildman–Crippen MR) is 50.1 cm³/mol. The van der Waals surface area contributed by atoms with E-state index in [-0.39, 0.29) is 0 Å². The second-order valence-corrected chi connectivity index (χ2v) is 2.29. The van der Waals surface area contributed by atoms with Crippen molar-refractivity contribution in [2.45, 2.75) is 0 Å². The van der Waals surface area contributed by atoms with Crippen LogP contribution in [0.1, 0.15) is 0 Å². The molecule has 1 aromatic rings. The Morgan fingerprint density at radius 2 is 2.08 bits per heavy atom. The smallest absolute Gasteiger partial charge is 0.335 e. The molecule has 0 atom stereocenters. The zero-order valence-corrected chi connectivity index (χ0v) is 6.99. The van der Waals surface area contributed by atoms with Crippen LogP contribution in [0.2, 0.25) is 0 Å². The summed E-state index contributed by atoms with van der Waals surface area (Å²) in [5.41, 5.74) is 3.21. The number of nitrogens with one attached hydrogen (secondary N) is 1. The number of carbonyl (C=O) groups is 1. The summed E-state index contributed by atoms with van der Waals surface area (Å²) in [6.45, 7) is 3.28. The van der Waals surface area contributed by atoms with Crippen molar-refractivity contribution in [2.75, 3.05) is 5.43 Å². The van der Waals surface area contributed by atoms with Crippen LogP contribution in [0.4, 0.5) is 5.69 Å². The maximum absolute atomic E-state index is 10.8. The number of anilines is 1. The molecule has 4 heteroatoms. The first kappa shape index (κ1) is 9.28. The first-order valence-corrected chi connectivity index (χ1v) is 3.67. The van der Waals surface area contributed by atoms with Crippen molar-refractivity contribution in [1.29, 1.82) is 0 Å². The maximum Gasteiger partial charge on any atom is 0.335 e. The van der Waals surface area contributed by atoms with Crippen LogP contribution in [0.5, 0.6) is 5.75 Å². The number of esters is 1. The lowest BCUT2D eigenvalue weighted by atomic mass is 10.3. The molecule has 0 unspecified atom stereocenters. The highest BCUT2D eigenvalue weighted by atomic mass is 16.5. The molecule has 1 aromatic carbocycles. The van der Waals surface area contributed by atoms with Crippen LogP contribution in [0.3, 0.4) is 0 Å². The molecule has 0 aliphatic carbocycles. The molecule has 0 amide bonds. The average Bonchev–Trinajstić information content (AvgIpc) is 2.19. The Hall–Kier alpha value is -1.81. The first-order chi connectivity index (χ1) is 6.26. The summed E-state index contributed by atoms with van der Waals surface area (Å²) in [7, 11) is 0. The third kappa shape index (κ3) is 2.61. The second-order valence-electron chi connectivity index (χ2n) is 2.29. The number of hydrazine groups is 1. The first-order valence-electron chi connectivity index (χ1n) is 3.67. The van der Waals surface area contributed by atoms with Gasteiger partial charge in [0.25, 0.3) is 0 Å². The van der Waals surface area contributed by atoms with Gasteiger partial charge in [-0.25, -0.2) is 4.79 Å². The number of hydrogen-bond donors (Lipinski definition) is 2. The second kappa shape index (κ2) is 4.27. The molecule has 0 aliphatic heterocycles. The van der Waals surface area contributed by atoms with Crippen LogP contribution in [0, 0.1) is 0 Å². The van der Waals surface area contributed by atoms with Gasteiger partial charge in [0.1, 0.15) is 5.75 Å². The molecule has 0 saturated heterocycles. The number of nitrogens with two attached hydrogens (primary N) is 1. The number of hydrogen-bond acceptors (Lipinski definition) is 4. The Labute approximate surface area is 76.0 Å². The van der Waals surface area contributed by atoms with Crippen LogP contribution < -0.4 is 16.0 Å². The molecule has 0 aliphatic rings. The Kier molecular flexibility index (Phi) is 3.05. The molecular formula is C9H10N2O2. The molecule has 0 radical (unpaired) electrons. The molecule has 0 fully saturated rings. The van der Waals surface area contributed by atoms with Crippen LogP contribution in [-0.4, -0.2) is 5.97 Å². The van der Waals surface area contributed by atoms with Crippen LogP contribution in [0.25, 0.3) is 0 Å². The van der Waals surface area contributed by atoms with Gasteiger partial charge in [0.15, 0.2) is 0 Å². The molecule has 0 bridgehead atoms. The average molecular weight is 178 g/mol. The fourth-order valence-electron chi connectivity index (χ4n) is 0.777. The van der Waals surface area contributed by atoms with Crippen molar-refractivity contribution in [3.63, 3.8) is 0 Å². The number of carbonyl (C=O) groups excluding carboxylic acids is 1. The minimum Gasteiger partial charge on any atom is -0.423 e. The summed E-state index contributed by atoms with van der Waals surface area (Å²) in [4.78, 5) is 10.8. The van der Waals surface area contributed by atoms with E-state index in [0.717, 1.165) is 11.8 Å². The van der Waals surface area contributed by atoms with Gasteiger partial charge in [-0.3, -0.25) is 5.84 Å². The van der Waals surface area contributed by atoms with E-state index in [0.29, 0.717) is 5.75 Å². The largest absolute Gasteiger partial charge is 0.423 e. The number of nitrogen functional groups attached to an aromatic ring is 1. The number of rotatable bonds is 3. The lowest BCUT2D eigenvalue weighted by Gasteiger charge is -2.02. The Morgan fingerprint density at radius 1 is 1.46 bits per heavy atom. The third-order valence-electron chi connectivity index (χ3n) is 1.41. The van der Waals surface area contributed by atoms with Gasteiger partial charge in [0.05, 0.1) is 0 Å². The standard InChI is InChI=1S/C9H10N2O2/c1-2-9(12)13-8-5-3-7(11-10)4-6-8/h2-6,11H,1,10H2. The summed E-state index contributed by atoms with van der Waals surface area (Å²) in [5.74, 6) is 5.14. The van der Waals surface area contributed by atoms with Crippen molar-refractivity contribution in [3.8, 4) is 5.75 Å². The van der Waals surface area contributed by atoms with E-state index in [2.05, 4.69) is 12.0 Å². The zero-order chi connectivity index (χ0) is 9.68. The van der Waals surface area contributed by atoms with Gasteiger partial charge < -0.3 is 10.2 Å². The monoisotopic (exact) mass is 178 g/mol. The van der Waals surface area contributed by atoms with Crippen molar-refractivity contribution in [2.24, 2.45) is 5.84 Å². The molecule has 0 saturated carbocycles. The van der Waals surface area contributed by atoms with E-state index >= 15 is 0 Å². The van der Waals surface area contributed by atoms with Crippen molar-refractivity contribution < 1.29 is 9.53 Å². The SMILES string of the molecule is C=CC(=O)Oc1ccc(NN)cc1. The summed E-state index contributed by atoms with van der Waals surface area (Å²) >= 11 is 0. The van der Waals surface area contributed by atoms with Crippen molar-refractivity contribution >= 4 is 11.7 Å². The molecule has 13 heavy (non-hydrogen) atoms.